The lowest BCUT2D eigenvalue weighted by atomic mass is 10.2. The summed E-state index contributed by atoms with van der Waals surface area (Å²) in [4.78, 5) is 2.39. The van der Waals surface area contributed by atoms with Gasteiger partial charge in [0.25, 0.3) is 0 Å². The summed E-state index contributed by atoms with van der Waals surface area (Å²) in [5.41, 5.74) is 1.13. The maximum Gasteiger partial charge on any atom is 0.374 e. The molecule has 0 spiro atoms. The first-order valence-corrected chi connectivity index (χ1v) is 6.88. The molecule has 1 aliphatic rings. The average Bonchev–Trinajstić information content (AvgIpc) is 2.81. The van der Waals surface area contributed by atoms with Gasteiger partial charge in [-0.05, 0) is 12.0 Å². The van der Waals surface area contributed by atoms with Gasteiger partial charge < -0.3 is 0 Å². The summed E-state index contributed by atoms with van der Waals surface area (Å²) in [5, 5.41) is 6.70. The van der Waals surface area contributed by atoms with Crippen molar-refractivity contribution in [2.45, 2.75) is 13.3 Å². The van der Waals surface area contributed by atoms with E-state index in [2.05, 4.69) is 52.7 Å². The molecule has 2 rings (SSSR count). The fraction of sp³-hybridized carbons (Fsp3) is 0.467. The Kier molecular flexibility index (Phi) is 4.55. The molecule has 0 aromatic heterocycles. The SMILES string of the molecule is CCCN1CCN(/N=C/c2ccccc2)C1=[N+](C)C. The summed E-state index contributed by atoms with van der Waals surface area (Å²) in [6.45, 7) is 5.30. The second kappa shape index (κ2) is 6.36. The largest absolute Gasteiger partial charge is 0.374 e. The molecular weight excluding hydrogens is 236 g/mol. The first kappa shape index (κ1) is 13.6. The minimum Gasteiger partial charge on any atom is -0.268 e. The summed E-state index contributed by atoms with van der Waals surface area (Å²) in [5.74, 6) is 1.19. The number of nitrogens with zero attached hydrogens (tertiary/aromatic N) is 4. The Labute approximate surface area is 115 Å². The van der Waals surface area contributed by atoms with E-state index in [4.69, 9.17) is 0 Å². The van der Waals surface area contributed by atoms with Crippen LogP contribution in [0.3, 0.4) is 0 Å². The van der Waals surface area contributed by atoms with Crippen molar-refractivity contribution in [3.8, 4) is 0 Å². The van der Waals surface area contributed by atoms with Gasteiger partial charge in [0.1, 0.15) is 6.54 Å². The van der Waals surface area contributed by atoms with Crippen LogP contribution in [0.25, 0.3) is 0 Å². The third kappa shape index (κ3) is 3.34. The van der Waals surface area contributed by atoms with Crippen molar-refractivity contribution in [2.24, 2.45) is 5.10 Å². The molecule has 0 radical (unpaired) electrons. The van der Waals surface area contributed by atoms with E-state index >= 15 is 0 Å². The number of hydrazone groups is 1. The molecule has 0 amide bonds. The van der Waals surface area contributed by atoms with Gasteiger partial charge in [-0.1, -0.05) is 37.3 Å². The molecule has 0 N–H and O–H groups in total. The van der Waals surface area contributed by atoms with Crippen LogP contribution in [0, 0.1) is 0 Å². The minimum atomic E-state index is 0.955. The Hall–Kier alpha value is -1.84. The van der Waals surface area contributed by atoms with Crippen molar-refractivity contribution in [1.82, 2.24) is 9.91 Å². The quantitative estimate of drug-likeness (QED) is 0.606. The molecule has 0 bridgehead atoms. The second-order valence-corrected chi connectivity index (χ2v) is 4.96. The zero-order valence-electron chi connectivity index (χ0n) is 12.1. The minimum absolute atomic E-state index is 0.955. The summed E-state index contributed by atoms with van der Waals surface area (Å²) >= 11 is 0. The Morgan fingerprint density at radius 3 is 2.58 bits per heavy atom. The predicted octanol–water partition coefficient (Wildman–Crippen LogP) is 1.68. The molecule has 1 aromatic rings. The van der Waals surface area contributed by atoms with Crippen molar-refractivity contribution in [3.63, 3.8) is 0 Å². The summed E-state index contributed by atoms with van der Waals surface area (Å²) in [6, 6.07) is 10.2. The van der Waals surface area contributed by atoms with Crippen LogP contribution in [0.4, 0.5) is 0 Å². The van der Waals surface area contributed by atoms with E-state index in [0.29, 0.717) is 0 Å². The Morgan fingerprint density at radius 1 is 1.21 bits per heavy atom. The van der Waals surface area contributed by atoms with Crippen LogP contribution >= 0.6 is 0 Å². The molecule has 0 unspecified atom stereocenters. The molecule has 4 nitrogen and oxygen atoms in total. The van der Waals surface area contributed by atoms with Gasteiger partial charge in [-0.3, -0.25) is 9.48 Å². The molecule has 1 heterocycles. The zero-order chi connectivity index (χ0) is 13.7. The highest BCUT2D eigenvalue weighted by Crippen LogP contribution is 2.09. The van der Waals surface area contributed by atoms with Gasteiger partial charge in [0.2, 0.25) is 0 Å². The first-order valence-electron chi connectivity index (χ1n) is 6.88. The lowest BCUT2D eigenvalue weighted by Gasteiger charge is -2.14. The van der Waals surface area contributed by atoms with Gasteiger partial charge in [0.15, 0.2) is 0 Å². The number of hydrogen-bond donors (Lipinski definition) is 0. The van der Waals surface area contributed by atoms with Crippen molar-refractivity contribution in [2.75, 3.05) is 33.7 Å². The first-order chi connectivity index (χ1) is 9.22. The van der Waals surface area contributed by atoms with Crippen LogP contribution in [0.2, 0.25) is 0 Å². The Bertz CT molecular complexity index is 460. The van der Waals surface area contributed by atoms with E-state index in [1.54, 1.807) is 0 Å². The van der Waals surface area contributed by atoms with Gasteiger partial charge >= 0.3 is 5.96 Å². The number of benzene rings is 1. The standard InChI is InChI=1S/C15H23N4/c1-4-10-18-11-12-19(15(18)17(2)3)16-13-14-8-6-5-7-9-14/h5-9,13H,4,10-12H2,1-3H3/q+1/b16-13+. The predicted molar refractivity (Wildman–Crippen MR) is 79.7 cm³/mol. The molecule has 0 atom stereocenters. The lowest BCUT2D eigenvalue weighted by molar-refractivity contribution is -0.474. The van der Waals surface area contributed by atoms with Gasteiger partial charge in [-0.2, -0.15) is 0 Å². The monoisotopic (exact) mass is 259 g/mol. The van der Waals surface area contributed by atoms with Gasteiger partial charge in [0.05, 0.1) is 33.4 Å². The normalized spacial score (nSPS) is 15.6. The highest BCUT2D eigenvalue weighted by molar-refractivity contribution is 5.82. The maximum absolute atomic E-state index is 4.62. The summed E-state index contributed by atoms with van der Waals surface area (Å²) in [6.07, 6.45) is 3.09. The molecule has 0 saturated carbocycles. The fourth-order valence-electron chi connectivity index (χ4n) is 2.36. The molecule has 1 fully saturated rings. The van der Waals surface area contributed by atoms with Gasteiger partial charge in [-0.15, -0.1) is 10.1 Å². The lowest BCUT2D eigenvalue weighted by Crippen LogP contribution is -2.37. The molecule has 0 aliphatic carbocycles. The molecule has 4 heteroatoms. The van der Waals surface area contributed by atoms with Crippen molar-refractivity contribution >= 4 is 12.2 Å². The van der Waals surface area contributed by atoms with Crippen LogP contribution < -0.4 is 0 Å². The third-order valence-electron chi connectivity index (χ3n) is 3.13. The maximum atomic E-state index is 4.62. The van der Waals surface area contributed by atoms with Gasteiger partial charge in [0, 0.05) is 0 Å². The molecule has 1 aromatic carbocycles. The van der Waals surface area contributed by atoms with Crippen molar-refractivity contribution in [1.29, 1.82) is 0 Å². The van der Waals surface area contributed by atoms with Gasteiger partial charge in [-0.25, -0.2) is 0 Å². The highest BCUT2D eigenvalue weighted by Gasteiger charge is 2.34. The molecule has 19 heavy (non-hydrogen) atoms. The van der Waals surface area contributed by atoms with E-state index in [9.17, 15) is 0 Å². The smallest absolute Gasteiger partial charge is 0.268 e. The molecule has 1 aliphatic heterocycles. The number of guanidine groups is 1. The summed E-state index contributed by atoms with van der Waals surface area (Å²) in [7, 11) is 4.16. The Morgan fingerprint density at radius 2 is 1.95 bits per heavy atom. The van der Waals surface area contributed by atoms with Crippen LogP contribution in [0.1, 0.15) is 18.9 Å². The van der Waals surface area contributed by atoms with Crippen LogP contribution in [0.15, 0.2) is 35.4 Å². The van der Waals surface area contributed by atoms with E-state index in [-0.39, 0.29) is 0 Å². The third-order valence-corrected chi connectivity index (χ3v) is 3.13. The fourth-order valence-corrected chi connectivity index (χ4v) is 2.36. The topological polar surface area (TPSA) is 21.9 Å². The van der Waals surface area contributed by atoms with E-state index in [1.807, 2.05) is 24.4 Å². The molecular formula is C15H23N4+. The number of rotatable bonds is 4. The van der Waals surface area contributed by atoms with Crippen molar-refractivity contribution in [3.05, 3.63) is 35.9 Å². The zero-order valence-corrected chi connectivity index (χ0v) is 12.1. The molecule has 102 valence electrons. The van der Waals surface area contributed by atoms with E-state index in [0.717, 1.165) is 31.6 Å². The van der Waals surface area contributed by atoms with Crippen LogP contribution in [-0.4, -0.2) is 60.4 Å². The highest BCUT2D eigenvalue weighted by atomic mass is 15.6. The van der Waals surface area contributed by atoms with Crippen molar-refractivity contribution < 1.29 is 4.58 Å². The van der Waals surface area contributed by atoms with E-state index < -0.39 is 0 Å². The summed E-state index contributed by atoms with van der Waals surface area (Å²) < 4.78 is 2.14. The Balaban J connectivity index is 2.13. The van der Waals surface area contributed by atoms with Crippen LogP contribution in [0.5, 0.6) is 0 Å². The molecule has 1 saturated heterocycles. The number of hydrogen-bond acceptors (Lipinski definition) is 1. The van der Waals surface area contributed by atoms with E-state index in [1.165, 1.54) is 5.96 Å². The average molecular weight is 259 g/mol. The second-order valence-electron chi connectivity index (χ2n) is 4.96. The van der Waals surface area contributed by atoms with Crippen LogP contribution in [-0.2, 0) is 0 Å².